The molecule has 1 aliphatic carbocycles. The Morgan fingerprint density at radius 1 is 1.43 bits per heavy atom. The van der Waals surface area contributed by atoms with Crippen molar-refractivity contribution in [3.05, 3.63) is 0 Å². The van der Waals surface area contributed by atoms with Gasteiger partial charge in [0.15, 0.2) is 0 Å². The van der Waals surface area contributed by atoms with Crippen LogP contribution in [0.25, 0.3) is 0 Å². The van der Waals surface area contributed by atoms with Crippen LogP contribution < -0.4 is 11.3 Å². The Labute approximate surface area is 85.8 Å². The Kier molecular flexibility index (Phi) is 4.90. The van der Waals surface area contributed by atoms with E-state index in [0.29, 0.717) is 6.42 Å². The van der Waals surface area contributed by atoms with Crippen LogP contribution in [0.2, 0.25) is 0 Å². The van der Waals surface area contributed by atoms with E-state index in [-0.39, 0.29) is 5.91 Å². The van der Waals surface area contributed by atoms with E-state index in [9.17, 15) is 4.79 Å². The molecule has 0 bridgehead atoms. The molecule has 0 saturated heterocycles. The van der Waals surface area contributed by atoms with Crippen LogP contribution in [-0.2, 0) is 4.79 Å². The highest BCUT2D eigenvalue weighted by Gasteiger charge is 2.25. The minimum Gasteiger partial charge on any atom is -0.303 e. The molecule has 4 heteroatoms. The fraction of sp³-hybridized carbons (Fsp3) is 0.900. The molecule has 0 aromatic carbocycles. The van der Waals surface area contributed by atoms with Gasteiger partial charge in [0.1, 0.15) is 0 Å². The maximum absolute atomic E-state index is 10.8. The number of hydrogen-bond donors (Lipinski definition) is 2. The normalized spacial score (nSPS) is 15.9. The van der Waals surface area contributed by atoms with E-state index in [1.54, 1.807) is 0 Å². The topological polar surface area (TPSA) is 58.4 Å². The highest BCUT2D eigenvalue weighted by atomic mass is 16.2. The largest absolute Gasteiger partial charge is 0.303 e. The van der Waals surface area contributed by atoms with Crippen LogP contribution in [0.5, 0.6) is 0 Å². The number of carbonyl (C=O) groups excluding carboxylic acids is 1. The molecular formula is C10H21N3O. The summed E-state index contributed by atoms with van der Waals surface area (Å²) in [6.07, 6.45) is 6.54. The molecular weight excluding hydrogens is 178 g/mol. The van der Waals surface area contributed by atoms with E-state index in [1.165, 1.54) is 19.3 Å². The summed E-state index contributed by atoms with van der Waals surface area (Å²) in [5.41, 5.74) is 2.14. The molecule has 1 fully saturated rings. The Morgan fingerprint density at radius 2 is 2.14 bits per heavy atom. The van der Waals surface area contributed by atoms with Crippen molar-refractivity contribution in [2.24, 2.45) is 5.84 Å². The Hall–Kier alpha value is -0.610. The zero-order valence-electron chi connectivity index (χ0n) is 8.96. The number of unbranched alkanes of at least 4 members (excludes halogenated alkanes) is 2. The molecule has 0 radical (unpaired) electrons. The van der Waals surface area contributed by atoms with Gasteiger partial charge in [-0.25, -0.2) is 5.84 Å². The second kappa shape index (κ2) is 5.98. The fourth-order valence-electron chi connectivity index (χ4n) is 1.59. The second-order valence-corrected chi connectivity index (χ2v) is 4.09. The highest BCUT2D eigenvalue weighted by Crippen LogP contribution is 2.25. The smallest absolute Gasteiger partial charge is 0.233 e. The monoisotopic (exact) mass is 199 g/mol. The first-order valence-electron chi connectivity index (χ1n) is 5.43. The summed E-state index contributed by atoms with van der Waals surface area (Å²) in [7, 11) is 2.18. The van der Waals surface area contributed by atoms with Gasteiger partial charge in [-0.15, -0.1) is 0 Å². The fourth-order valence-corrected chi connectivity index (χ4v) is 1.59. The molecule has 3 N–H and O–H groups in total. The lowest BCUT2D eigenvalue weighted by Crippen LogP contribution is -2.29. The lowest BCUT2D eigenvalue weighted by atomic mass is 10.2. The third kappa shape index (κ3) is 4.58. The summed E-state index contributed by atoms with van der Waals surface area (Å²) in [5.74, 6) is 4.92. The number of rotatable bonds is 7. The second-order valence-electron chi connectivity index (χ2n) is 4.09. The summed E-state index contributed by atoms with van der Waals surface area (Å²) < 4.78 is 0. The van der Waals surface area contributed by atoms with Gasteiger partial charge in [-0.3, -0.25) is 10.2 Å². The highest BCUT2D eigenvalue weighted by molar-refractivity contribution is 5.74. The number of carbonyl (C=O) groups is 1. The third-order valence-electron chi connectivity index (χ3n) is 2.75. The van der Waals surface area contributed by atoms with Crippen molar-refractivity contribution in [1.29, 1.82) is 0 Å². The zero-order valence-corrected chi connectivity index (χ0v) is 8.96. The molecule has 0 atom stereocenters. The molecule has 14 heavy (non-hydrogen) atoms. The SMILES string of the molecule is CN(CCCCCC(=O)NN)C1CC1. The summed E-state index contributed by atoms with van der Waals surface area (Å²) in [6, 6.07) is 0.849. The summed E-state index contributed by atoms with van der Waals surface area (Å²) >= 11 is 0. The minimum absolute atomic E-state index is 0.0550. The number of hydrogen-bond acceptors (Lipinski definition) is 3. The Morgan fingerprint density at radius 3 is 2.71 bits per heavy atom. The molecule has 0 spiro atoms. The quantitative estimate of drug-likeness (QED) is 0.274. The first-order valence-corrected chi connectivity index (χ1v) is 5.43. The summed E-state index contributed by atoms with van der Waals surface area (Å²) in [6.45, 7) is 1.16. The van der Waals surface area contributed by atoms with E-state index < -0.39 is 0 Å². The maximum Gasteiger partial charge on any atom is 0.233 e. The van der Waals surface area contributed by atoms with Gasteiger partial charge in [0.25, 0.3) is 0 Å². The van der Waals surface area contributed by atoms with Gasteiger partial charge < -0.3 is 4.90 Å². The summed E-state index contributed by atoms with van der Waals surface area (Å²) in [4.78, 5) is 13.2. The molecule has 0 heterocycles. The van der Waals surface area contributed by atoms with Crippen LogP contribution >= 0.6 is 0 Å². The average Bonchev–Trinajstić information content (AvgIpc) is 2.99. The van der Waals surface area contributed by atoms with Crippen molar-refractivity contribution < 1.29 is 4.79 Å². The maximum atomic E-state index is 10.8. The lowest BCUT2D eigenvalue weighted by molar-refractivity contribution is -0.121. The van der Waals surface area contributed by atoms with Gasteiger partial charge in [-0.1, -0.05) is 6.42 Å². The molecule has 0 aromatic heterocycles. The first-order chi connectivity index (χ1) is 6.74. The lowest BCUT2D eigenvalue weighted by Gasteiger charge is -2.14. The van der Waals surface area contributed by atoms with Gasteiger partial charge in [0.05, 0.1) is 0 Å². The molecule has 4 nitrogen and oxygen atoms in total. The predicted octanol–water partition coefficient (Wildman–Crippen LogP) is 0.631. The number of amides is 1. The number of nitrogens with two attached hydrogens (primary N) is 1. The van der Waals surface area contributed by atoms with Crippen molar-refractivity contribution in [2.45, 2.75) is 44.6 Å². The molecule has 1 amide bonds. The number of nitrogens with zero attached hydrogens (tertiary/aromatic N) is 1. The van der Waals surface area contributed by atoms with Crippen molar-refractivity contribution in [2.75, 3.05) is 13.6 Å². The van der Waals surface area contributed by atoms with E-state index in [4.69, 9.17) is 5.84 Å². The van der Waals surface area contributed by atoms with Crippen molar-refractivity contribution >= 4 is 5.91 Å². The number of hydrazine groups is 1. The van der Waals surface area contributed by atoms with E-state index in [0.717, 1.165) is 25.4 Å². The zero-order chi connectivity index (χ0) is 10.4. The molecule has 0 aliphatic heterocycles. The Bertz CT molecular complexity index is 180. The number of nitrogens with one attached hydrogen (secondary N) is 1. The molecule has 82 valence electrons. The van der Waals surface area contributed by atoms with Crippen LogP contribution in [0.3, 0.4) is 0 Å². The van der Waals surface area contributed by atoms with Crippen LogP contribution in [0.1, 0.15) is 38.5 Å². The van der Waals surface area contributed by atoms with Crippen LogP contribution in [-0.4, -0.2) is 30.4 Å². The standard InChI is InChI=1S/C10H21N3O/c1-13(9-6-7-9)8-4-2-3-5-10(14)12-11/h9H,2-8,11H2,1H3,(H,12,14). The third-order valence-corrected chi connectivity index (χ3v) is 2.75. The van der Waals surface area contributed by atoms with Crippen LogP contribution in [0.15, 0.2) is 0 Å². The van der Waals surface area contributed by atoms with Gasteiger partial charge in [0, 0.05) is 12.5 Å². The van der Waals surface area contributed by atoms with Crippen molar-refractivity contribution in [3.8, 4) is 0 Å². The Balaban J connectivity index is 1.86. The van der Waals surface area contributed by atoms with E-state index in [2.05, 4.69) is 17.4 Å². The molecule has 0 unspecified atom stereocenters. The molecule has 1 aliphatic rings. The van der Waals surface area contributed by atoms with Gasteiger partial charge in [0.2, 0.25) is 5.91 Å². The van der Waals surface area contributed by atoms with Crippen LogP contribution in [0.4, 0.5) is 0 Å². The van der Waals surface area contributed by atoms with Gasteiger partial charge in [-0.05, 0) is 39.3 Å². The first kappa shape index (κ1) is 11.5. The average molecular weight is 199 g/mol. The van der Waals surface area contributed by atoms with Crippen LogP contribution in [0, 0.1) is 0 Å². The van der Waals surface area contributed by atoms with Crippen molar-refractivity contribution in [3.63, 3.8) is 0 Å². The van der Waals surface area contributed by atoms with Crippen molar-refractivity contribution in [1.82, 2.24) is 10.3 Å². The van der Waals surface area contributed by atoms with Gasteiger partial charge in [-0.2, -0.15) is 0 Å². The van der Waals surface area contributed by atoms with Gasteiger partial charge >= 0.3 is 0 Å². The van der Waals surface area contributed by atoms with E-state index in [1.807, 2.05) is 0 Å². The minimum atomic E-state index is -0.0550. The predicted molar refractivity (Wildman–Crippen MR) is 56.5 cm³/mol. The molecule has 0 aromatic rings. The summed E-state index contributed by atoms with van der Waals surface area (Å²) in [5, 5.41) is 0. The van der Waals surface area contributed by atoms with E-state index >= 15 is 0 Å². The molecule has 1 saturated carbocycles. The molecule has 1 rings (SSSR count).